The van der Waals surface area contributed by atoms with E-state index in [1.165, 1.54) is 0 Å². The van der Waals surface area contributed by atoms with Crippen LogP contribution in [0.5, 0.6) is 0 Å². The van der Waals surface area contributed by atoms with Gasteiger partial charge in [0, 0.05) is 162 Å². The van der Waals surface area contributed by atoms with Crippen LogP contribution in [0.2, 0.25) is 40.2 Å². The van der Waals surface area contributed by atoms with Crippen molar-refractivity contribution < 1.29 is 38.4 Å². The van der Waals surface area contributed by atoms with Crippen molar-refractivity contribution in [3.8, 4) is 0 Å². The Morgan fingerprint density at radius 1 is 0.219 bits per heavy atom. The Kier molecular flexibility index (Phi) is 25.2. The first-order valence-electron chi connectivity index (χ1n) is 42.4. The van der Waals surface area contributed by atoms with Crippen molar-refractivity contribution in [1.29, 1.82) is 0 Å². The van der Waals surface area contributed by atoms with E-state index in [1.807, 2.05) is 234 Å². The van der Waals surface area contributed by atoms with Crippen molar-refractivity contribution >= 4 is 163 Å². The zero-order chi connectivity index (χ0) is 89.8. The summed E-state index contributed by atoms with van der Waals surface area (Å²) in [5.74, 6) is -3.54. The van der Waals surface area contributed by atoms with Gasteiger partial charge in [-0.15, -0.1) is 0 Å². The fraction of sp³-hybridized carbons (Fsp3) is 0.231. The van der Waals surface area contributed by atoms with E-state index in [2.05, 4.69) is 66.8 Å². The molecule has 12 atom stereocenters. The van der Waals surface area contributed by atoms with E-state index in [4.69, 9.17) is 92.8 Å². The van der Waals surface area contributed by atoms with Gasteiger partial charge < -0.3 is 42.5 Å². The molecule has 8 heterocycles. The number of nitrogens with one attached hydrogen (secondary N) is 8. The molecule has 0 bridgehead atoms. The topological polar surface area (TPSA) is 233 Å². The van der Waals surface area contributed by atoms with Crippen molar-refractivity contribution in [3.63, 3.8) is 0 Å². The van der Waals surface area contributed by atoms with Gasteiger partial charge in [0.05, 0.1) is 21.7 Å². The maximum absolute atomic E-state index is 14.0. The van der Waals surface area contributed by atoms with Crippen LogP contribution in [-0.2, 0) is 60.0 Å². The largest absolute Gasteiger partial charge is 0.355 e. The molecule has 4 fully saturated rings. The van der Waals surface area contributed by atoms with Gasteiger partial charge in [0.15, 0.2) is 0 Å². The number of anilines is 4. The lowest BCUT2D eigenvalue weighted by Crippen LogP contribution is -2.46. The van der Waals surface area contributed by atoms with Crippen LogP contribution in [0.15, 0.2) is 267 Å². The first kappa shape index (κ1) is 88.7. The van der Waals surface area contributed by atoms with E-state index in [1.54, 1.807) is 36.4 Å². The van der Waals surface area contributed by atoms with Gasteiger partial charge in [0.25, 0.3) is 0 Å². The van der Waals surface area contributed by atoms with Gasteiger partial charge in [-0.1, -0.05) is 285 Å². The molecule has 12 aromatic rings. The van der Waals surface area contributed by atoms with Gasteiger partial charge in [-0.25, -0.2) is 0 Å². The van der Waals surface area contributed by atoms with E-state index < -0.39 is 33.5 Å². The molecule has 128 heavy (non-hydrogen) atoms. The summed E-state index contributed by atoms with van der Waals surface area (Å²) < 4.78 is 0. The highest BCUT2D eigenvalue weighted by molar-refractivity contribution is 6.34. The van der Waals surface area contributed by atoms with Crippen LogP contribution in [0.25, 0.3) is 0 Å². The molecule has 4 spiro atoms. The molecule has 24 heteroatoms. The van der Waals surface area contributed by atoms with E-state index in [-0.39, 0.29) is 108 Å². The van der Waals surface area contributed by atoms with Crippen LogP contribution in [0, 0.1) is 27.7 Å². The van der Waals surface area contributed by atoms with Crippen LogP contribution >= 0.6 is 92.8 Å². The fourth-order valence-electron chi connectivity index (χ4n) is 21.7. The average Bonchev–Trinajstić information content (AvgIpc) is 1.57. The van der Waals surface area contributed by atoms with Crippen molar-refractivity contribution in [1.82, 2.24) is 21.3 Å². The molecule has 4 saturated heterocycles. The minimum absolute atomic E-state index is 0.0735. The number of carbonyl (C=O) groups excluding carboxylic acids is 8. The van der Waals surface area contributed by atoms with E-state index in [0.717, 1.165) is 89.0 Å². The zero-order valence-corrected chi connectivity index (χ0v) is 76.0. The molecule has 0 saturated carbocycles. The molecular formula is C104H88Cl8N8O8. The Labute approximate surface area is 782 Å². The summed E-state index contributed by atoms with van der Waals surface area (Å²) in [5, 5.41) is 29.1. The number of hydrogen-bond donors (Lipinski definition) is 8. The van der Waals surface area contributed by atoms with Gasteiger partial charge >= 0.3 is 0 Å². The molecule has 8 N–H and O–H groups in total. The standard InChI is InChI=1S/4C26H22Cl2N2O2/c2*1-15-4-2-5-16(10-15)22-14-29-24(31)13-21(17-6-3-7-18(27)11-17)26(22)20-9-8-19(28)12-23(20)30-25(26)32;2*1-15-4-2-5-16(10-15)21-13-24(31)29-14-22(17-6-3-7-18(27)11-17)26(21)20-9-8-19(28)12-23(20)30-25(26)32/h4*2-12,21-22H,13-14H2,1H3,(H,29,31)(H,30,32)/t4*21-,22+,26-/m1010/s1. The van der Waals surface area contributed by atoms with Crippen LogP contribution in [0.3, 0.4) is 0 Å². The Morgan fingerprint density at radius 3 is 0.602 bits per heavy atom. The van der Waals surface area contributed by atoms with Gasteiger partial charge in [-0.3, -0.25) is 38.4 Å². The molecular weight excluding hydrogens is 1770 g/mol. The third-order valence-corrected chi connectivity index (χ3v) is 28.8. The second kappa shape index (κ2) is 36.3. The average molecular weight is 1860 g/mol. The summed E-state index contributed by atoms with van der Waals surface area (Å²) in [7, 11) is 0. The van der Waals surface area contributed by atoms with Gasteiger partial charge in [0.1, 0.15) is 0 Å². The summed E-state index contributed by atoms with van der Waals surface area (Å²) in [4.78, 5) is 108. The van der Waals surface area contributed by atoms with Crippen molar-refractivity contribution in [2.75, 3.05) is 47.4 Å². The van der Waals surface area contributed by atoms with Gasteiger partial charge in [-0.05, 0) is 192 Å². The van der Waals surface area contributed by atoms with Crippen molar-refractivity contribution in [2.24, 2.45) is 0 Å². The molecule has 0 aliphatic carbocycles. The summed E-state index contributed by atoms with van der Waals surface area (Å²) in [6, 6.07) is 84.6. The smallest absolute Gasteiger partial charge is 0.236 e. The fourth-order valence-corrected chi connectivity index (χ4v) is 23.2. The molecule has 12 aromatic carbocycles. The van der Waals surface area contributed by atoms with Gasteiger partial charge in [0.2, 0.25) is 47.3 Å². The summed E-state index contributed by atoms with van der Waals surface area (Å²) in [6.07, 6.45) is 0.766. The lowest BCUT2D eigenvalue weighted by Gasteiger charge is -2.41. The minimum atomic E-state index is -1.00. The number of fused-ring (bicyclic) bond motifs is 8. The molecule has 0 radical (unpaired) electrons. The third kappa shape index (κ3) is 16.4. The monoisotopic (exact) mass is 1860 g/mol. The predicted octanol–water partition coefficient (Wildman–Crippen LogP) is 22.3. The highest BCUT2D eigenvalue weighted by Crippen LogP contribution is 2.63. The first-order chi connectivity index (χ1) is 61.6. The maximum Gasteiger partial charge on any atom is 0.236 e. The number of carbonyl (C=O) groups is 8. The van der Waals surface area contributed by atoms with Crippen LogP contribution < -0.4 is 42.5 Å². The molecule has 20 rings (SSSR count). The molecule has 0 aromatic heterocycles. The zero-order valence-electron chi connectivity index (χ0n) is 70.0. The molecule has 0 unspecified atom stereocenters. The number of amides is 8. The summed E-state index contributed by atoms with van der Waals surface area (Å²) in [6.45, 7) is 9.47. The van der Waals surface area contributed by atoms with Gasteiger partial charge in [-0.2, -0.15) is 0 Å². The number of halogens is 8. The van der Waals surface area contributed by atoms with Crippen LogP contribution in [0.4, 0.5) is 22.7 Å². The Balaban J connectivity index is 0.000000120. The second-order valence-corrected chi connectivity index (χ2v) is 37.9. The SMILES string of the molecule is Cc1cccc([C@@H]2CC(=O)NC[C@H](c3cccc(Cl)c3)[C@@]23C(=O)Nc2cc(Cl)ccc23)c1.Cc1cccc([C@@H]2CNC(=O)C[C@H](c3cccc(Cl)c3)[C@@]23C(=O)Nc2cc(Cl)ccc23)c1.Cc1cccc([C@H]2CC(=O)NC[C@@H](c3cccc(Cl)c3)[C@]23C(=O)Nc2cc(Cl)ccc23)c1.Cc1cccc([C@H]2CNC(=O)C[C@@H](c3cccc(Cl)c3)[C@]23C(=O)Nc2cc(Cl)ccc23)c1. The number of aryl methyl sites for hydroxylation is 4. The maximum atomic E-state index is 14.0. The molecule has 16 nitrogen and oxygen atoms in total. The molecule has 8 aliphatic rings. The molecule has 8 aliphatic heterocycles. The first-order valence-corrected chi connectivity index (χ1v) is 45.4. The number of benzene rings is 12. The third-order valence-electron chi connectivity index (χ3n) is 27.0. The quantitative estimate of drug-likeness (QED) is 0.0727. The number of rotatable bonds is 8. The Morgan fingerprint density at radius 2 is 0.398 bits per heavy atom. The molecule has 8 amide bonds. The Bertz CT molecular complexity index is 5740. The van der Waals surface area contributed by atoms with Crippen molar-refractivity contribution in [3.05, 3.63) is 396 Å². The van der Waals surface area contributed by atoms with Crippen molar-refractivity contribution in [2.45, 2.75) is 122 Å². The second-order valence-electron chi connectivity index (χ2n) is 34.4. The highest BCUT2D eigenvalue weighted by atomic mass is 35.5. The van der Waals surface area contributed by atoms with Crippen LogP contribution in [0.1, 0.15) is 162 Å². The minimum Gasteiger partial charge on any atom is -0.355 e. The predicted molar refractivity (Wildman–Crippen MR) is 510 cm³/mol. The highest BCUT2D eigenvalue weighted by Gasteiger charge is 2.64. The van der Waals surface area contributed by atoms with E-state index in [0.29, 0.717) is 89.1 Å². The Hall–Kier alpha value is -11.3. The summed E-state index contributed by atoms with van der Waals surface area (Å²) in [5.41, 5.74) is 14.1. The summed E-state index contributed by atoms with van der Waals surface area (Å²) >= 11 is 50.5. The van der Waals surface area contributed by atoms with E-state index >= 15 is 0 Å². The normalized spacial score (nSPS) is 24.6. The number of hydrogen-bond acceptors (Lipinski definition) is 8. The molecule has 648 valence electrons. The van der Waals surface area contributed by atoms with E-state index in [9.17, 15) is 38.4 Å². The lowest BCUT2D eigenvalue weighted by atomic mass is 9.59. The van der Waals surface area contributed by atoms with Crippen LogP contribution in [-0.4, -0.2) is 73.4 Å². The lowest BCUT2D eigenvalue weighted by molar-refractivity contribution is -0.124.